The molecular weight excluding hydrogens is 684 g/mol. The van der Waals surface area contributed by atoms with Crippen molar-refractivity contribution in [3.05, 3.63) is 23.8 Å². The van der Waals surface area contributed by atoms with Gasteiger partial charge in [0.2, 0.25) is 10.8 Å². The van der Waals surface area contributed by atoms with E-state index >= 15 is 0 Å². The SMILES string of the molecule is CCCCCCCCCCCCCCCCCCOc1cc(OCCCCCCCCCCCCC)cc(C(=O)C(O)(Cl)CCCBr)c1. The summed E-state index contributed by atoms with van der Waals surface area (Å²) in [4.78, 5) is 13.2. The fraction of sp³-hybridized carbons (Fsp3) is 0.833. The highest BCUT2D eigenvalue weighted by Crippen LogP contribution is 2.30. The summed E-state index contributed by atoms with van der Waals surface area (Å²) in [5, 5.41) is 9.42. The van der Waals surface area contributed by atoms with Gasteiger partial charge in [-0.05, 0) is 37.8 Å². The van der Waals surface area contributed by atoms with Crippen LogP contribution in [-0.2, 0) is 0 Å². The molecule has 0 saturated carbocycles. The van der Waals surface area contributed by atoms with E-state index in [9.17, 15) is 9.90 Å². The molecule has 0 saturated heterocycles. The van der Waals surface area contributed by atoms with Crippen molar-refractivity contribution in [3.8, 4) is 11.5 Å². The van der Waals surface area contributed by atoms with Gasteiger partial charge >= 0.3 is 0 Å². The molecule has 1 unspecified atom stereocenters. The van der Waals surface area contributed by atoms with E-state index in [0.717, 1.165) is 25.7 Å². The van der Waals surface area contributed by atoms with Crippen molar-refractivity contribution in [1.29, 1.82) is 0 Å². The molecule has 0 aromatic heterocycles. The van der Waals surface area contributed by atoms with Gasteiger partial charge in [0.15, 0.2) is 0 Å². The Morgan fingerprint density at radius 2 is 0.875 bits per heavy atom. The summed E-state index contributed by atoms with van der Waals surface area (Å²) in [5.74, 6) is 0.698. The van der Waals surface area contributed by atoms with E-state index in [-0.39, 0.29) is 6.42 Å². The molecule has 0 aliphatic heterocycles. The summed E-state index contributed by atoms with van der Waals surface area (Å²) in [7, 11) is 0. The average Bonchev–Trinajstić information content (AvgIpc) is 3.08. The molecule has 4 nitrogen and oxygen atoms in total. The highest BCUT2D eigenvalue weighted by Gasteiger charge is 2.34. The largest absolute Gasteiger partial charge is 0.493 e. The third-order valence-corrected chi connectivity index (χ3v) is 10.3. The van der Waals surface area contributed by atoms with Crippen molar-refractivity contribution < 1.29 is 19.4 Å². The molecule has 0 aliphatic rings. The molecule has 48 heavy (non-hydrogen) atoms. The van der Waals surface area contributed by atoms with Gasteiger partial charge in [0.05, 0.1) is 13.2 Å². The van der Waals surface area contributed by atoms with Crippen LogP contribution >= 0.6 is 27.5 Å². The maximum absolute atomic E-state index is 13.2. The number of hydrogen-bond donors (Lipinski definition) is 1. The molecule has 0 aliphatic carbocycles. The summed E-state index contributed by atoms with van der Waals surface area (Å²) >= 11 is 9.65. The summed E-state index contributed by atoms with van der Waals surface area (Å²) in [6.07, 6.45) is 36.3. The summed E-state index contributed by atoms with van der Waals surface area (Å²) in [6.45, 7) is 5.75. The first-order valence-corrected chi connectivity index (χ1v) is 21.9. The molecule has 0 bridgehead atoms. The quantitative estimate of drug-likeness (QED) is 0.0421. The van der Waals surface area contributed by atoms with E-state index in [2.05, 4.69) is 29.8 Å². The molecule has 0 heterocycles. The fourth-order valence-corrected chi connectivity index (χ4v) is 6.82. The minimum Gasteiger partial charge on any atom is -0.493 e. The number of alkyl halides is 2. The Balaban J connectivity index is 2.35. The minimum atomic E-state index is -1.94. The molecule has 6 heteroatoms. The maximum atomic E-state index is 13.2. The van der Waals surface area contributed by atoms with Crippen molar-refractivity contribution in [3.63, 3.8) is 0 Å². The van der Waals surface area contributed by atoms with Crippen LogP contribution in [0.2, 0.25) is 0 Å². The van der Waals surface area contributed by atoms with Gasteiger partial charge < -0.3 is 14.6 Å². The number of ether oxygens (including phenoxy) is 2. The predicted octanol–water partition coefficient (Wildman–Crippen LogP) is 14.3. The van der Waals surface area contributed by atoms with E-state index in [1.165, 1.54) is 148 Å². The third kappa shape index (κ3) is 25.2. The fourth-order valence-electron chi connectivity index (χ4n) is 6.30. The molecular formula is C42H74BrClO4. The molecule has 1 aromatic rings. The first-order chi connectivity index (χ1) is 23.4. The minimum absolute atomic E-state index is 0.178. The van der Waals surface area contributed by atoms with Crippen LogP contribution in [0.3, 0.4) is 0 Å². The number of unbranched alkanes of at least 4 members (excludes halogenated alkanes) is 25. The molecule has 1 atom stereocenters. The number of benzene rings is 1. The van der Waals surface area contributed by atoms with Crippen LogP contribution in [0.15, 0.2) is 18.2 Å². The number of ketones is 1. The zero-order chi connectivity index (χ0) is 35.0. The topological polar surface area (TPSA) is 55.8 Å². The van der Waals surface area contributed by atoms with Gasteiger partial charge in [0.1, 0.15) is 11.5 Å². The Hall–Kier alpha value is -0.780. The van der Waals surface area contributed by atoms with Gasteiger partial charge in [-0.25, -0.2) is 0 Å². The lowest BCUT2D eigenvalue weighted by Crippen LogP contribution is -2.32. The van der Waals surface area contributed by atoms with E-state index in [0.29, 0.717) is 42.0 Å². The second-order valence-electron chi connectivity index (χ2n) is 14.1. The molecule has 0 amide bonds. The zero-order valence-electron chi connectivity index (χ0n) is 31.3. The second kappa shape index (κ2) is 32.1. The Bertz CT molecular complexity index is 877. The lowest BCUT2D eigenvalue weighted by Gasteiger charge is -2.20. The molecule has 0 fully saturated rings. The summed E-state index contributed by atoms with van der Waals surface area (Å²) in [5.41, 5.74) is 0.334. The van der Waals surface area contributed by atoms with Crippen LogP contribution in [0.25, 0.3) is 0 Å². The van der Waals surface area contributed by atoms with Crippen molar-refractivity contribution in [2.24, 2.45) is 0 Å². The maximum Gasteiger partial charge on any atom is 0.210 e. The van der Waals surface area contributed by atoms with Crippen LogP contribution in [0.1, 0.15) is 210 Å². The van der Waals surface area contributed by atoms with Crippen LogP contribution in [0.5, 0.6) is 11.5 Å². The van der Waals surface area contributed by atoms with Gasteiger partial charge in [-0.2, -0.15) is 0 Å². The molecule has 1 aromatic carbocycles. The van der Waals surface area contributed by atoms with E-state index < -0.39 is 10.8 Å². The number of halogens is 2. The van der Waals surface area contributed by atoms with Crippen molar-refractivity contribution in [2.75, 3.05) is 18.5 Å². The average molecular weight is 758 g/mol. The Labute approximate surface area is 310 Å². The standard InChI is InChI=1S/C42H74BrClO4/c1-3-5-7-9-11-13-15-16-17-18-19-21-23-25-27-29-34-48-40-36-38(41(45)42(44,46)31-30-32-43)35-39(37-40)47-33-28-26-24-22-20-14-12-10-8-6-4-2/h35-37,46H,3-34H2,1-2H3. The van der Waals surface area contributed by atoms with Crippen LogP contribution in [0, 0.1) is 0 Å². The van der Waals surface area contributed by atoms with Crippen LogP contribution in [0.4, 0.5) is 0 Å². The number of carbonyl (C=O) groups excluding carboxylic acids is 1. The molecule has 0 spiro atoms. The van der Waals surface area contributed by atoms with Gasteiger partial charge in [-0.15, -0.1) is 0 Å². The van der Waals surface area contributed by atoms with Gasteiger partial charge in [-0.1, -0.05) is 202 Å². The Morgan fingerprint density at radius 3 is 1.19 bits per heavy atom. The van der Waals surface area contributed by atoms with E-state index in [1.54, 1.807) is 12.1 Å². The number of carbonyl (C=O) groups is 1. The first kappa shape index (κ1) is 45.2. The zero-order valence-corrected chi connectivity index (χ0v) is 33.6. The highest BCUT2D eigenvalue weighted by molar-refractivity contribution is 9.09. The lowest BCUT2D eigenvalue weighted by molar-refractivity contribution is 0.0615. The number of Topliss-reactive ketones (excluding diaryl/α,β-unsaturated/α-hetero) is 1. The third-order valence-electron chi connectivity index (χ3n) is 9.42. The van der Waals surface area contributed by atoms with Crippen molar-refractivity contribution in [1.82, 2.24) is 0 Å². The van der Waals surface area contributed by atoms with Crippen LogP contribution in [-0.4, -0.2) is 34.5 Å². The van der Waals surface area contributed by atoms with Gasteiger partial charge in [0.25, 0.3) is 0 Å². The van der Waals surface area contributed by atoms with Gasteiger partial charge in [-0.3, -0.25) is 4.79 Å². The number of rotatable bonds is 36. The summed E-state index contributed by atoms with van der Waals surface area (Å²) < 4.78 is 12.2. The number of hydrogen-bond acceptors (Lipinski definition) is 4. The molecule has 1 N–H and O–H groups in total. The Kier molecular flexibility index (Phi) is 30.3. The monoisotopic (exact) mass is 756 g/mol. The van der Waals surface area contributed by atoms with Crippen LogP contribution < -0.4 is 9.47 Å². The summed E-state index contributed by atoms with van der Waals surface area (Å²) in [6, 6.07) is 5.27. The van der Waals surface area contributed by atoms with E-state index in [1.807, 2.05) is 6.07 Å². The Morgan fingerprint density at radius 1 is 0.562 bits per heavy atom. The smallest absolute Gasteiger partial charge is 0.210 e. The predicted molar refractivity (Wildman–Crippen MR) is 212 cm³/mol. The van der Waals surface area contributed by atoms with Crippen molar-refractivity contribution in [2.45, 2.75) is 205 Å². The highest BCUT2D eigenvalue weighted by atomic mass is 79.9. The number of aliphatic hydroxyl groups is 1. The lowest BCUT2D eigenvalue weighted by atomic mass is 10.0. The molecule has 0 radical (unpaired) electrons. The molecule has 280 valence electrons. The normalized spacial score (nSPS) is 12.7. The van der Waals surface area contributed by atoms with E-state index in [4.69, 9.17) is 21.1 Å². The molecule has 1 rings (SSSR count). The van der Waals surface area contributed by atoms with Gasteiger partial charge in [0, 0.05) is 17.0 Å². The van der Waals surface area contributed by atoms with Crippen molar-refractivity contribution >= 4 is 33.3 Å². The first-order valence-electron chi connectivity index (χ1n) is 20.4. The second-order valence-corrected chi connectivity index (χ2v) is 15.5.